The zero-order valence-corrected chi connectivity index (χ0v) is 14.8. The van der Waals surface area contributed by atoms with Crippen LogP contribution < -0.4 is 0 Å². The Morgan fingerprint density at radius 2 is 2.08 bits per heavy atom. The first-order valence-corrected chi connectivity index (χ1v) is 9.31. The molecule has 8 heteroatoms. The first-order chi connectivity index (χ1) is 11.6. The van der Waals surface area contributed by atoms with Crippen molar-refractivity contribution < 1.29 is 4.79 Å². The summed E-state index contributed by atoms with van der Waals surface area (Å²) in [5.41, 5.74) is 0.779. The summed E-state index contributed by atoms with van der Waals surface area (Å²) in [6.07, 6.45) is 6.08. The maximum atomic E-state index is 13.2. The lowest BCUT2D eigenvalue weighted by Crippen LogP contribution is -2.47. The van der Waals surface area contributed by atoms with Gasteiger partial charge in [-0.15, -0.1) is 11.3 Å². The highest BCUT2D eigenvalue weighted by molar-refractivity contribution is 7.17. The summed E-state index contributed by atoms with van der Waals surface area (Å²) in [5, 5.41) is 7.40. The Labute approximate surface area is 145 Å². The summed E-state index contributed by atoms with van der Waals surface area (Å²) in [5.74, 6) is 0.745. The van der Waals surface area contributed by atoms with Crippen LogP contribution in [0, 0.1) is 6.92 Å². The van der Waals surface area contributed by atoms with Crippen LogP contribution in [0.4, 0.5) is 0 Å². The van der Waals surface area contributed by atoms with Crippen LogP contribution in [0.1, 0.15) is 41.0 Å². The van der Waals surface area contributed by atoms with Gasteiger partial charge in [-0.05, 0) is 46.2 Å². The maximum Gasteiger partial charge on any atom is 0.266 e. The van der Waals surface area contributed by atoms with Crippen molar-refractivity contribution in [1.29, 1.82) is 0 Å². The number of likely N-dealkylation sites (tertiary alicyclic amines) is 2. The molecule has 0 saturated carbocycles. The molecule has 4 heterocycles. The molecule has 0 spiro atoms. The van der Waals surface area contributed by atoms with Crippen molar-refractivity contribution in [3.05, 3.63) is 16.9 Å². The molecule has 128 valence electrons. The van der Waals surface area contributed by atoms with Crippen LogP contribution in [0.3, 0.4) is 0 Å². The maximum absolute atomic E-state index is 13.2. The summed E-state index contributed by atoms with van der Waals surface area (Å²) < 4.78 is 0. The van der Waals surface area contributed by atoms with E-state index in [9.17, 15) is 4.79 Å². The van der Waals surface area contributed by atoms with Crippen molar-refractivity contribution in [1.82, 2.24) is 30.0 Å². The molecule has 2 saturated heterocycles. The molecular formula is C16H22N6OS. The van der Waals surface area contributed by atoms with E-state index < -0.39 is 0 Å². The van der Waals surface area contributed by atoms with E-state index >= 15 is 0 Å². The van der Waals surface area contributed by atoms with Gasteiger partial charge < -0.3 is 9.80 Å². The summed E-state index contributed by atoms with van der Waals surface area (Å²) >= 11 is 1.41. The molecule has 4 rings (SSSR count). The fraction of sp³-hybridized carbons (Fsp3) is 0.625. The molecule has 1 N–H and O–H groups in total. The summed E-state index contributed by atoms with van der Waals surface area (Å²) in [4.78, 5) is 27.0. The van der Waals surface area contributed by atoms with Crippen molar-refractivity contribution in [2.45, 2.75) is 44.7 Å². The SMILES string of the molecule is Cc1nc(-c2ncn[nH]2)sc1C(=O)N1CCC[C@@H]1[C@@H]1CCCN1C. The average Bonchev–Trinajstić information content (AvgIpc) is 3.33. The minimum absolute atomic E-state index is 0.124. The Hall–Kier alpha value is -1.80. The predicted octanol–water partition coefficient (Wildman–Crippen LogP) is 1.94. The molecule has 2 aromatic heterocycles. The first kappa shape index (κ1) is 15.7. The molecule has 2 atom stereocenters. The van der Waals surface area contributed by atoms with Gasteiger partial charge in [-0.1, -0.05) is 0 Å². The van der Waals surface area contributed by atoms with E-state index in [0.29, 0.717) is 17.9 Å². The number of aryl methyl sites for hydroxylation is 1. The number of nitrogens with one attached hydrogen (secondary N) is 1. The Morgan fingerprint density at radius 1 is 1.29 bits per heavy atom. The quantitative estimate of drug-likeness (QED) is 0.919. The lowest BCUT2D eigenvalue weighted by atomic mass is 10.0. The number of amides is 1. The van der Waals surface area contributed by atoms with Gasteiger partial charge in [-0.3, -0.25) is 9.89 Å². The highest BCUT2D eigenvalue weighted by Crippen LogP contribution is 2.33. The van der Waals surface area contributed by atoms with Gasteiger partial charge >= 0.3 is 0 Å². The van der Waals surface area contributed by atoms with Crippen LogP contribution in [0.15, 0.2) is 6.33 Å². The van der Waals surface area contributed by atoms with Gasteiger partial charge in [0.2, 0.25) is 0 Å². The molecule has 0 aliphatic carbocycles. The lowest BCUT2D eigenvalue weighted by molar-refractivity contribution is 0.0668. The van der Waals surface area contributed by atoms with Gasteiger partial charge in [0.05, 0.1) is 5.69 Å². The van der Waals surface area contributed by atoms with E-state index in [1.54, 1.807) is 0 Å². The summed E-state index contributed by atoms with van der Waals surface area (Å²) in [7, 11) is 2.18. The molecule has 0 radical (unpaired) electrons. The standard InChI is InChI=1S/C16H22N6OS/c1-10-13(24-15(19-10)14-17-9-18-20-14)16(23)22-8-4-6-12(22)11-5-3-7-21(11)2/h9,11-12H,3-8H2,1-2H3,(H,17,18,20)/t11-,12+/m0/s1. The number of thiazole rings is 1. The molecule has 24 heavy (non-hydrogen) atoms. The Morgan fingerprint density at radius 3 is 2.79 bits per heavy atom. The largest absolute Gasteiger partial charge is 0.333 e. The average molecular weight is 346 g/mol. The van der Waals surface area contributed by atoms with Gasteiger partial charge in [0.25, 0.3) is 5.91 Å². The van der Waals surface area contributed by atoms with Crippen LogP contribution in [0.2, 0.25) is 0 Å². The molecule has 2 fully saturated rings. The molecule has 1 amide bonds. The van der Waals surface area contributed by atoms with Crippen molar-refractivity contribution >= 4 is 17.2 Å². The van der Waals surface area contributed by atoms with Gasteiger partial charge in [-0.2, -0.15) is 5.10 Å². The van der Waals surface area contributed by atoms with Gasteiger partial charge in [0.15, 0.2) is 10.8 Å². The van der Waals surface area contributed by atoms with E-state index in [1.165, 1.54) is 30.5 Å². The topological polar surface area (TPSA) is 78.0 Å². The second-order valence-electron chi connectivity index (χ2n) is 6.67. The number of nitrogens with zero attached hydrogens (tertiary/aromatic N) is 5. The summed E-state index contributed by atoms with van der Waals surface area (Å²) in [6, 6.07) is 0.832. The Kier molecular flexibility index (Phi) is 4.09. The molecule has 0 bridgehead atoms. The third-order valence-corrected chi connectivity index (χ3v) is 6.34. The number of aromatic nitrogens is 4. The predicted molar refractivity (Wildman–Crippen MR) is 91.9 cm³/mol. The van der Waals surface area contributed by atoms with Crippen molar-refractivity contribution in [3.8, 4) is 10.8 Å². The number of rotatable bonds is 3. The first-order valence-electron chi connectivity index (χ1n) is 8.49. The zero-order chi connectivity index (χ0) is 16.7. The highest BCUT2D eigenvalue weighted by atomic mass is 32.1. The van der Waals surface area contributed by atoms with Crippen molar-refractivity contribution in [3.63, 3.8) is 0 Å². The summed E-state index contributed by atoms with van der Waals surface area (Å²) in [6.45, 7) is 3.89. The molecule has 0 unspecified atom stereocenters. The second kappa shape index (κ2) is 6.25. The number of hydrogen-bond donors (Lipinski definition) is 1. The number of hydrogen-bond acceptors (Lipinski definition) is 6. The Bertz CT molecular complexity index is 727. The fourth-order valence-electron chi connectivity index (χ4n) is 4.00. The van der Waals surface area contributed by atoms with Crippen LogP contribution in [-0.2, 0) is 0 Å². The van der Waals surface area contributed by atoms with Crippen molar-refractivity contribution in [2.24, 2.45) is 0 Å². The monoisotopic (exact) mass is 346 g/mol. The molecule has 2 aromatic rings. The highest BCUT2D eigenvalue weighted by Gasteiger charge is 2.39. The van der Waals surface area contributed by atoms with Gasteiger partial charge in [0, 0.05) is 18.6 Å². The molecule has 2 aliphatic heterocycles. The third-order valence-electron chi connectivity index (χ3n) is 5.19. The van der Waals surface area contributed by atoms with Gasteiger partial charge in [-0.25, -0.2) is 9.97 Å². The minimum atomic E-state index is 0.124. The van der Waals surface area contributed by atoms with Crippen LogP contribution in [0.25, 0.3) is 10.8 Å². The van der Waals surface area contributed by atoms with E-state index in [0.717, 1.165) is 41.5 Å². The van der Waals surface area contributed by atoms with Crippen LogP contribution >= 0.6 is 11.3 Å². The van der Waals surface area contributed by atoms with E-state index in [2.05, 4.69) is 37.0 Å². The van der Waals surface area contributed by atoms with Crippen molar-refractivity contribution in [2.75, 3.05) is 20.1 Å². The van der Waals surface area contributed by atoms with E-state index in [-0.39, 0.29) is 5.91 Å². The number of likely N-dealkylation sites (N-methyl/N-ethyl adjacent to an activating group) is 1. The lowest BCUT2D eigenvalue weighted by Gasteiger charge is -2.33. The minimum Gasteiger partial charge on any atom is -0.333 e. The Balaban J connectivity index is 1.59. The normalized spacial score (nSPS) is 24.8. The number of H-pyrrole nitrogens is 1. The number of carbonyl (C=O) groups is 1. The van der Waals surface area contributed by atoms with Crippen LogP contribution in [-0.4, -0.2) is 68.1 Å². The molecule has 7 nitrogen and oxygen atoms in total. The van der Waals surface area contributed by atoms with E-state index in [4.69, 9.17) is 0 Å². The van der Waals surface area contributed by atoms with Crippen LogP contribution in [0.5, 0.6) is 0 Å². The smallest absolute Gasteiger partial charge is 0.266 e. The molecule has 0 aromatic carbocycles. The number of carbonyl (C=O) groups excluding carboxylic acids is 1. The number of aromatic amines is 1. The van der Waals surface area contributed by atoms with E-state index in [1.807, 2.05) is 6.92 Å². The fourth-order valence-corrected chi connectivity index (χ4v) is 4.97. The third kappa shape index (κ3) is 2.63. The zero-order valence-electron chi connectivity index (χ0n) is 14.0. The second-order valence-corrected chi connectivity index (χ2v) is 7.67. The molecule has 2 aliphatic rings. The van der Waals surface area contributed by atoms with Gasteiger partial charge in [0.1, 0.15) is 11.2 Å². The molecular weight excluding hydrogens is 324 g/mol.